The highest BCUT2D eigenvalue weighted by Crippen LogP contribution is 2.23. The number of benzene rings is 1. The van der Waals surface area contributed by atoms with E-state index < -0.39 is 0 Å². The molecule has 0 saturated heterocycles. The third-order valence-corrected chi connectivity index (χ3v) is 4.12. The van der Waals surface area contributed by atoms with Gasteiger partial charge in [0.1, 0.15) is 0 Å². The molecule has 0 amide bonds. The highest BCUT2D eigenvalue weighted by atomic mass is 16.3. The van der Waals surface area contributed by atoms with Crippen molar-refractivity contribution in [1.82, 2.24) is 4.90 Å². The fraction of sp³-hybridized carbons (Fsp3) is 0.625. The molecule has 2 rings (SSSR count). The van der Waals surface area contributed by atoms with Crippen LogP contribution >= 0.6 is 0 Å². The predicted octanol–water partition coefficient (Wildman–Crippen LogP) is 2.27. The normalized spacial score (nSPS) is 17.0. The Bertz CT molecular complexity index is 358. The molecular weight excluding hydrogens is 236 g/mol. The van der Waals surface area contributed by atoms with Crippen molar-refractivity contribution in [3.8, 4) is 0 Å². The number of aliphatic hydroxyl groups excluding tert-OH is 1. The molecule has 1 aromatic carbocycles. The molecule has 0 bridgehead atoms. The van der Waals surface area contributed by atoms with Crippen LogP contribution in [0.3, 0.4) is 0 Å². The first-order valence-electron chi connectivity index (χ1n) is 7.46. The summed E-state index contributed by atoms with van der Waals surface area (Å²) in [6, 6.07) is 9.18. The van der Waals surface area contributed by atoms with Gasteiger partial charge in [0.05, 0.1) is 6.61 Å². The van der Waals surface area contributed by atoms with E-state index in [1.54, 1.807) is 0 Å². The highest BCUT2D eigenvalue weighted by Gasteiger charge is 2.20. The quantitative estimate of drug-likeness (QED) is 0.827. The maximum absolute atomic E-state index is 9.27. The molecule has 3 nitrogen and oxygen atoms in total. The Morgan fingerprint density at radius 3 is 2.26 bits per heavy atom. The molecule has 19 heavy (non-hydrogen) atoms. The van der Waals surface area contributed by atoms with E-state index in [0.717, 1.165) is 13.1 Å². The van der Waals surface area contributed by atoms with Gasteiger partial charge in [-0.2, -0.15) is 0 Å². The average molecular weight is 262 g/mol. The Kier molecular flexibility index (Phi) is 5.83. The number of hydrogen-bond donors (Lipinski definition) is 2. The second-order valence-corrected chi connectivity index (χ2v) is 5.51. The molecular formula is C16H26N2O. The molecule has 0 spiro atoms. The first-order valence-corrected chi connectivity index (χ1v) is 7.46. The smallest absolute Gasteiger partial charge is 0.0558 e. The summed E-state index contributed by atoms with van der Waals surface area (Å²) in [5, 5.41) is 9.27. The minimum atomic E-state index is 0.247. The van der Waals surface area contributed by atoms with Crippen molar-refractivity contribution in [2.45, 2.75) is 51.2 Å². The van der Waals surface area contributed by atoms with Crippen LogP contribution in [0.5, 0.6) is 0 Å². The van der Waals surface area contributed by atoms with E-state index in [9.17, 15) is 5.11 Å². The Balaban J connectivity index is 1.97. The van der Waals surface area contributed by atoms with Crippen molar-refractivity contribution >= 4 is 0 Å². The highest BCUT2D eigenvalue weighted by molar-refractivity contribution is 5.22. The number of aliphatic hydroxyl groups is 1. The van der Waals surface area contributed by atoms with Crippen LogP contribution in [0, 0.1) is 0 Å². The Labute approximate surface area is 116 Å². The second kappa shape index (κ2) is 7.63. The van der Waals surface area contributed by atoms with Gasteiger partial charge in [-0.05, 0) is 24.0 Å². The first-order chi connectivity index (χ1) is 9.33. The third kappa shape index (κ3) is 4.30. The second-order valence-electron chi connectivity index (χ2n) is 5.51. The molecule has 1 saturated carbocycles. The van der Waals surface area contributed by atoms with E-state index in [-0.39, 0.29) is 6.61 Å². The summed E-state index contributed by atoms with van der Waals surface area (Å²) < 4.78 is 0. The zero-order valence-electron chi connectivity index (χ0n) is 11.7. The molecule has 0 heterocycles. The van der Waals surface area contributed by atoms with E-state index in [1.165, 1.54) is 43.2 Å². The summed E-state index contributed by atoms with van der Waals surface area (Å²) in [6.45, 7) is 2.57. The molecule has 1 fully saturated rings. The van der Waals surface area contributed by atoms with Crippen LogP contribution in [0.1, 0.15) is 43.2 Å². The molecule has 0 aromatic heterocycles. The summed E-state index contributed by atoms with van der Waals surface area (Å²) in [6.07, 6.45) is 6.59. The number of hydrogen-bond acceptors (Lipinski definition) is 3. The van der Waals surface area contributed by atoms with E-state index >= 15 is 0 Å². The molecule has 0 unspecified atom stereocenters. The summed E-state index contributed by atoms with van der Waals surface area (Å²) >= 11 is 0. The lowest BCUT2D eigenvalue weighted by Crippen LogP contribution is -2.38. The van der Waals surface area contributed by atoms with Gasteiger partial charge in [0.2, 0.25) is 0 Å². The minimum absolute atomic E-state index is 0.247. The Morgan fingerprint density at radius 2 is 1.68 bits per heavy atom. The lowest BCUT2D eigenvalue weighted by Gasteiger charge is -2.34. The molecule has 3 heteroatoms. The number of nitrogens with two attached hydrogens (primary N) is 1. The molecule has 0 atom stereocenters. The number of rotatable bonds is 6. The topological polar surface area (TPSA) is 49.5 Å². The van der Waals surface area contributed by atoms with Gasteiger partial charge in [-0.25, -0.2) is 0 Å². The van der Waals surface area contributed by atoms with Crippen LogP contribution in [0.4, 0.5) is 0 Å². The van der Waals surface area contributed by atoms with E-state index in [1.807, 2.05) is 0 Å². The van der Waals surface area contributed by atoms with Crippen LogP contribution in [-0.2, 0) is 13.1 Å². The molecule has 1 aliphatic rings. The lowest BCUT2D eigenvalue weighted by molar-refractivity contribution is 0.117. The predicted molar refractivity (Wildman–Crippen MR) is 78.7 cm³/mol. The van der Waals surface area contributed by atoms with Gasteiger partial charge < -0.3 is 10.8 Å². The molecule has 0 radical (unpaired) electrons. The molecule has 1 aromatic rings. The van der Waals surface area contributed by atoms with Gasteiger partial charge in [-0.3, -0.25) is 4.90 Å². The lowest BCUT2D eigenvalue weighted by atomic mass is 9.94. The first kappa shape index (κ1) is 14.5. The summed E-state index contributed by atoms with van der Waals surface area (Å²) in [7, 11) is 0. The largest absolute Gasteiger partial charge is 0.395 e. The SMILES string of the molecule is NCc1ccc(CN(CCO)C2CCCCC2)cc1. The minimum Gasteiger partial charge on any atom is -0.395 e. The van der Waals surface area contributed by atoms with Gasteiger partial charge in [0.25, 0.3) is 0 Å². The fourth-order valence-electron chi connectivity index (χ4n) is 2.98. The van der Waals surface area contributed by atoms with Crippen molar-refractivity contribution < 1.29 is 5.11 Å². The van der Waals surface area contributed by atoms with Crippen molar-refractivity contribution in [1.29, 1.82) is 0 Å². The molecule has 1 aliphatic carbocycles. The van der Waals surface area contributed by atoms with Crippen LogP contribution in [-0.4, -0.2) is 29.2 Å². The summed E-state index contributed by atoms with van der Waals surface area (Å²) in [4.78, 5) is 2.44. The van der Waals surface area contributed by atoms with Crippen LogP contribution in [0.2, 0.25) is 0 Å². The van der Waals surface area contributed by atoms with Gasteiger partial charge in [-0.1, -0.05) is 43.5 Å². The van der Waals surface area contributed by atoms with E-state index in [4.69, 9.17) is 5.73 Å². The van der Waals surface area contributed by atoms with Crippen molar-refractivity contribution in [2.24, 2.45) is 5.73 Å². The van der Waals surface area contributed by atoms with Crippen LogP contribution in [0.25, 0.3) is 0 Å². The average Bonchev–Trinajstić information content (AvgIpc) is 2.48. The zero-order chi connectivity index (χ0) is 13.5. The molecule has 3 N–H and O–H groups in total. The van der Waals surface area contributed by atoms with E-state index in [0.29, 0.717) is 12.6 Å². The van der Waals surface area contributed by atoms with Gasteiger partial charge in [-0.15, -0.1) is 0 Å². The Morgan fingerprint density at radius 1 is 1.05 bits per heavy atom. The summed E-state index contributed by atoms with van der Waals surface area (Å²) in [5.41, 5.74) is 8.11. The summed E-state index contributed by atoms with van der Waals surface area (Å²) in [5.74, 6) is 0. The van der Waals surface area contributed by atoms with Crippen molar-refractivity contribution in [3.05, 3.63) is 35.4 Å². The Hall–Kier alpha value is -0.900. The monoisotopic (exact) mass is 262 g/mol. The molecule has 0 aliphatic heterocycles. The van der Waals surface area contributed by atoms with Crippen LogP contribution < -0.4 is 5.73 Å². The number of nitrogens with zero attached hydrogens (tertiary/aromatic N) is 1. The zero-order valence-corrected chi connectivity index (χ0v) is 11.7. The maximum Gasteiger partial charge on any atom is 0.0558 e. The van der Waals surface area contributed by atoms with Gasteiger partial charge >= 0.3 is 0 Å². The van der Waals surface area contributed by atoms with E-state index in [2.05, 4.69) is 29.2 Å². The standard InChI is InChI=1S/C16H26N2O/c17-12-14-6-8-15(9-7-14)13-18(10-11-19)16-4-2-1-3-5-16/h6-9,16,19H,1-5,10-13,17H2. The molecule has 106 valence electrons. The third-order valence-electron chi connectivity index (χ3n) is 4.12. The fourth-order valence-corrected chi connectivity index (χ4v) is 2.98. The van der Waals surface area contributed by atoms with Gasteiger partial charge in [0, 0.05) is 25.7 Å². The van der Waals surface area contributed by atoms with Crippen LogP contribution in [0.15, 0.2) is 24.3 Å². The van der Waals surface area contributed by atoms with Crippen molar-refractivity contribution in [3.63, 3.8) is 0 Å². The van der Waals surface area contributed by atoms with Crippen molar-refractivity contribution in [2.75, 3.05) is 13.2 Å². The maximum atomic E-state index is 9.27. The van der Waals surface area contributed by atoms with Gasteiger partial charge in [0.15, 0.2) is 0 Å².